The Balaban J connectivity index is 1.61. The van der Waals surface area contributed by atoms with Gasteiger partial charge in [0.15, 0.2) is 5.54 Å². The molecule has 0 radical (unpaired) electrons. The Bertz CT molecular complexity index is 1360. The quantitative estimate of drug-likeness (QED) is 0.242. The topological polar surface area (TPSA) is 99.6 Å². The summed E-state index contributed by atoms with van der Waals surface area (Å²) in [6.45, 7) is 9.56. The van der Waals surface area contributed by atoms with Crippen molar-refractivity contribution in [2.24, 2.45) is 0 Å². The van der Waals surface area contributed by atoms with Crippen molar-refractivity contribution in [2.45, 2.75) is 18.9 Å². The summed E-state index contributed by atoms with van der Waals surface area (Å²) in [5.74, 6) is -1.90. The second-order valence-electron chi connectivity index (χ2n) is 9.99. The molecular formula is C30H33N3O6. The van der Waals surface area contributed by atoms with Crippen molar-refractivity contribution in [1.82, 2.24) is 9.80 Å². The number of anilines is 1. The van der Waals surface area contributed by atoms with E-state index in [-0.39, 0.29) is 17.9 Å². The molecule has 0 bridgehead atoms. The van der Waals surface area contributed by atoms with Crippen LogP contribution in [-0.2, 0) is 24.7 Å². The fourth-order valence-corrected chi connectivity index (χ4v) is 5.80. The fraction of sp³-hybridized carbons (Fsp3) is 0.367. The first-order chi connectivity index (χ1) is 18.8. The van der Waals surface area contributed by atoms with Crippen LogP contribution in [0.15, 0.2) is 60.7 Å². The normalized spacial score (nSPS) is 22.6. The number of rotatable bonds is 8. The summed E-state index contributed by atoms with van der Waals surface area (Å²) in [7, 11) is 1.62. The number of likely N-dealkylation sites (N-methyl/N-ethyl adjacent to an activating group) is 1. The van der Waals surface area contributed by atoms with E-state index in [2.05, 4.69) is 11.5 Å². The fourth-order valence-electron chi connectivity index (χ4n) is 5.80. The van der Waals surface area contributed by atoms with E-state index in [1.807, 2.05) is 6.92 Å². The Morgan fingerprint density at radius 2 is 1.87 bits per heavy atom. The van der Waals surface area contributed by atoms with Gasteiger partial charge >= 0.3 is 0 Å². The average molecular weight is 532 g/mol. The predicted molar refractivity (Wildman–Crippen MR) is 147 cm³/mol. The molecule has 5 rings (SSSR count). The van der Waals surface area contributed by atoms with Gasteiger partial charge in [-0.1, -0.05) is 30.9 Å². The maximum atomic E-state index is 14.1. The molecule has 1 spiro atoms. The molecule has 0 aliphatic carbocycles. The van der Waals surface area contributed by atoms with E-state index in [4.69, 9.17) is 9.47 Å². The molecule has 1 N–H and O–H groups in total. The smallest absolute Gasteiger partial charge is 0.296 e. The second kappa shape index (κ2) is 10.7. The van der Waals surface area contributed by atoms with Gasteiger partial charge < -0.3 is 24.4 Å². The Hall–Kier alpha value is -3.95. The van der Waals surface area contributed by atoms with Gasteiger partial charge in [0, 0.05) is 50.0 Å². The highest BCUT2D eigenvalue weighted by Crippen LogP contribution is 2.53. The van der Waals surface area contributed by atoms with Crippen molar-refractivity contribution >= 4 is 29.0 Å². The molecule has 2 aromatic carbocycles. The molecule has 2 amide bonds. The summed E-state index contributed by atoms with van der Waals surface area (Å²) < 4.78 is 11.1. The minimum absolute atomic E-state index is 0.181. The number of hydrogen-bond donors (Lipinski definition) is 1. The number of para-hydroxylation sites is 1. The molecule has 9 nitrogen and oxygen atoms in total. The molecule has 39 heavy (non-hydrogen) atoms. The number of aliphatic hydroxyl groups excluding tert-OH is 1. The second-order valence-corrected chi connectivity index (χ2v) is 9.99. The first-order valence-electron chi connectivity index (χ1n) is 13.1. The van der Waals surface area contributed by atoms with Crippen LogP contribution in [0, 0.1) is 6.92 Å². The maximum absolute atomic E-state index is 14.1. The molecule has 0 aromatic heterocycles. The summed E-state index contributed by atoms with van der Waals surface area (Å²) in [4.78, 5) is 46.4. The van der Waals surface area contributed by atoms with Crippen molar-refractivity contribution < 1.29 is 29.0 Å². The number of morpholine rings is 1. The van der Waals surface area contributed by atoms with Crippen molar-refractivity contribution in [3.8, 4) is 5.75 Å². The van der Waals surface area contributed by atoms with E-state index in [1.54, 1.807) is 55.6 Å². The van der Waals surface area contributed by atoms with Crippen LogP contribution in [0.3, 0.4) is 0 Å². The Morgan fingerprint density at radius 3 is 2.59 bits per heavy atom. The minimum atomic E-state index is -1.75. The summed E-state index contributed by atoms with van der Waals surface area (Å²) in [5, 5.41) is 11.6. The molecule has 2 saturated heterocycles. The van der Waals surface area contributed by atoms with Crippen molar-refractivity contribution in [3.63, 3.8) is 0 Å². The third-order valence-corrected chi connectivity index (χ3v) is 7.70. The molecule has 3 aliphatic rings. The molecular weight excluding hydrogens is 498 g/mol. The highest BCUT2D eigenvalue weighted by atomic mass is 16.5. The largest absolute Gasteiger partial charge is 0.507 e. The molecule has 3 aliphatic heterocycles. The predicted octanol–water partition coefficient (Wildman–Crippen LogP) is 2.83. The van der Waals surface area contributed by atoms with Crippen molar-refractivity contribution in [1.29, 1.82) is 0 Å². The van der Waals surface area contributed by atoms with Crippen molar-refractivity contribution in [2.75, 3.05) is 57.9 Å². The van der Waals surface area contributed by atoms with E-state index >= 15 is 0 Å². The Labute approximate surface area is 227 Å². The van der Waals surface area contributed by atoms with E-state index < -0.39 is 23.1 Å². The zero-order chi connectivity index (χ0) is 27.7. The maximum Gasteiger partial charge on any atom is 0.296 e. The van der Waals surface area contributed by atoms with Gasteiger partial charge in [-0.2, -0.15) is 0 Å². The van der Waals surface area contributed by atoms with Crippen molar-refractivity contribution in [3.05, 3.63) is 77.4 Å². The summed E-state index contributed by atoms with van der Waals surface area (Å²) >= 11 is 0. The number of fused-ring (bicyclic) bond motifs is 2. The Morgan fingerprint density at radius 1 is 1.13 bits per heavy atom. The third-order valence-electron chi connectivity index (χ3n) is 7.70. The number of likely N-dealkylation sites (tertiary alicyclic amines) is 1. The molecule has 0 saturated carbocycles. The molecule has 1 atom stereocenters. The summed E-state index contributed by atoms with van der Waals surface area (Å²) in [5.41, 5.74) is 0.194. The van der Waals surface area contributed by atoms with Gasteiger partial charge in [0.1, 0.15) is 18.1 Å². The molecule has 9 heteroatoms. The van der Waals surface area contributed by atoms with Crippen LogP contribution >= 0.6 is 0 Å². The number of aryl methyl sites for hydroxylation is 1. The van der Waals surface area contributed by atoms with Crippen LogP contribution < -0.4 is 9.64 Å². The number of ether oxygens (including phenoxy) is 2. The van der Waals surface area contributed by atoms with Gasteiger partial charge in [-0.3, -0.25) is 19.3 Å². The molecule has 204 valence electrons. The average Bonchev–Trinajstić information content (AvgIpc) is 3.31. The number of hydrogen-bond acceptors (Lipinski definition) is 7. The highest BCUT2D eigenvalue weighted by molar-refractivity contribution is 6.50. The number of aliphatic hydroxyl groups is 1. The van der Waals surface area contributed by atoms with E-state index in [1.165, 1.54) is 9.80 Å². The number of nitrogens with zero attached hydrogens (tertiary/aromatic N) is 3. The highest BCUT2D eigenvalue weighted by Gasteiger charge is 2.66. The standard InChI is InChI=1S/C30H33N3O6/c1-4-16-39-24-11-10-21(19-20(24)2)26(34)25-27(35)28(36)33(13-7-12-32-14-17-38-18-15-32)30(25)22-8-5-6-9-23(22)31(3)29(30)37/h4-6,8-11,19,34H,1,7,12-18H2,2-3H3. The summed E-state index contributed by atoms with van der Waals surface area (Å²) in [6.07, 6.45) is 2.19. The molecule has 2 fully saturated rings. The number of carbonyl (C=O) groups excluding carboxylic acids is 3. The number of Topliss-reactive ketones (excluding diaryl/α,β-unsaturated/α-hetero) is 1. The van der Waals surface area contributed by atoms with Gasteiger partial charge in [-0.15, -0.1) is 0 Å². The van der Waals surface area contributed by atoms with Crippen LogP contribution in [0.4, 0.5) is 5.69 Å². The number of ketones is 1. The monoisotopic (exact) mass is 531 g/mol. The lowest BCUT2D eigenvalue weighted by atomic mass is 9.81. The van der Waals surface area contributed by atoms with Gasteiger partial charge in [0.2, 0.25) is 0 Å². The van der Waals surface area contributed by atoms with E-state index in [9.17, 15) is 19.5 Å². The molecule has 1 unspecified atom stereocenters. The first-order valence-corrected chi connectivity index (χ1v) is 13.1. The van der Waals surface area contributed by atoms with Gasteiger partial charge in [-0.05, 0) is 43.2 Å². The lowest BCUT2D eigenvalue weighted by Crippen LogP contribution is -2.52. The van der Waals surface area contributed by atoms with Crippen LogP contribution in [0.1, 0.15) is 23.1 Å². The van der Waals surface area contributed by atoms with Crippen LogP contribution in [0.2, 0.25) is 0 Å². The number of carbonyl (C=O) groups is 3. The van der Waals surface area contributed by atoms with E-state index in [0.717, 1.165) is 18.7 Å². The lowest BCUT2D eigenvalue weighted by Gasteiger charge is -2.35. The van der Waals surface area contributed by atoms with Gasteiger partial charge in [-0.25, -0.2) is 0 Å². The van der Waals surface area contributed by atoms with Gasteiger partial charge in [0.25, 0.3) is 17.6 Å². The zero-order valence-electron chi connectivity index (χ0n) is 22.3. The number of amides is 2. The minimum Gasteiger partial charge on any atom is -0.507 e. The zero-order valence-corrected chi connectivity index (χ0v) is 22.3. The molecule has 2 aromatic rings. The van der Waals surface area contributed by atoms with Crippen LogP contribution in [-0.4, -0.2) is 85.6 Å². The molecule has 3 heterocycles. The summed E-state index contributed by atoms with van der Waals surface area (Å²) in [6, 6.07) is 12.1. The van der Waals surface area contributed by atoms with Crippen LogP contribution in [0.25, 0.3) is 5.76 Å². The van der Waals surface area contributed by atoms with Gasteiger partial charge in [0.05, 0.1) is 18.8 Å². The number of benzene rings is 2. The SMILES string of the molecule is C=CCOc1ccc(C(O)=C2C(=O)C(=O)N(CCCN3CCOCC3)C23C(=O)N(C)c2ccccc23)cc1C. The third kappa shape index (κ3) is 4.31. The Kier molecular flexibility index (Phi) is 7.29. The lowest BCUT2D eigenvalue weighted by molar-refractivity contribution is -0.143. The van der Waals surface area contributed by atoms with E-state index in [0.29, 0.717) is 55.4 Å². The van der Waals surface area contributed by atoms with Crippen LogP contribution in [0.5, 0.6) is 5.75 Å². The first kappa shape index (κ1) is 26.6.